The molecule has 400 valence electrons. The zero-order valence-corrected chi connectivity index (χ0v) is 45.8. The molecule has 4 unspecified atom stereocenters. The van der Waals surface area contributed by atoms with E-state index in [4.69, 9.17) is 14.2 Å². The maximum atomic E-state index is 14.4. The lowest BCUT2D eigenvalue weighted by Gasteiger charge is -2.65. The Hall–Kier alpha value is -4.18. The summed E-state index contributed by atoms with van der Waals surface area (Å²) in [6.07, 6.45) is 16.6. The SMILES string of the molecule is CCCCCCCCN(Cc1ccccc1)C(=O)CCC(C)[C@H]1CC[C@H]2C3C(OCCC(=O)N(Cc4ccccc4)Cc4ccccc4)CC4C[C@H](OCCC(C)=O)CC[C@]4(C)[C@H]3C[C@H](OCCC(C)=O)[C@]12C. The van der Waals surface area contributed by atoms with Crippen LogP contribution in [0.15, 0.2) is 91.0 Å². The predicted octanol–water partition coefficient (Wildman–Crippen LogP) is 13.4. The normalized spacial score (nSPS) is 27.8. The van der Waals surface area contributed by atoms with Crippen LogP contribution >= 0.6 is 0 Å². The van der Waals surface area contributed by atoms with Crippen molar-refractivity contribution in [3.8, 4) is 0 Å². The smallest absolute Gasteiger partial charge is 0.225 e. The largest absolute Gasteiger partial charge is 0.378 e. The summed E-state index contributed by atoms with van der Waals surface area (Å²) in [4.78, 5) is 57.2. The molecule has 0 saturated heterocycles. The number of nitrogens with zero attached hydrogens (tertiary/aromatic N) is 2. The van der Waals surface area contributed by atoms with Crippen molar-refractivity contribution in [3.05, 3.63) is 108 Å². The molecular formula is C64H92N2O7. The van der Waals surface area contributed by atoms with Gasteiger partial charge in [0.2, 0.25) is 11.8 Å². The Morgan fingerprint density at radius 1 is 0.603 bits per heavy atom. The Kier molecular flexibility index (Phi) is 21.3. The first kappa shape index (κ1) is 56.5. The molecule has 0 aromatic heterocycles. The number of hydrogen-bond acceptors (Lipinski definition) is 7. The summed E-state index contributed by atoms with van der Waals surface area (Å²) < 4.78 is 20.8. The van der Waals surface area contributed by atoms with Gasteiger partial charge in [-0.3, -0.25) is 19.2 Å². The highest BCUT2D eigenvalue weighted by atomic mass is 16.5. The van der Waals surface area contributed by atoms with Crippen molar-refractivity contribution in [2.45, 2.75) is 195 Å². The second-order valence-electron chi connectivity index (χ2n) is 23.5. The Morgan fingerprint density at radius 2 is 1.15 bits per heavy atom. The van der Waals surface area contributed by atoms with Gasteiger partial charge >= 0.3 is 0 Å². The molecule has 9 nitrogen and oxygen atoms in total. The number of ether oxygens (including phenoxy) is 3. The average Bonchev–Trinajstić information content (AvgIpc) is 3.75. The van der Waals surface area contributed by atoms with Crippen LogP contribution in [0.3, 0.4) is 0 Å². The van der Waals surface area contributed by atoms with Gasteiger partial charge in [-0.25, -0.2) is 0 Å². The van der Waals surface area contributed by atoms with E-state index in [0.717, 1.165) is 81.9 Å². The second-order valence-corrected chi connectivity index (χ2v) is 23.5. The summed E-state index contributed by atoms with van der Waals surface area (Å²) in [5.41, 5.74) is 3.25. The van der Waals surface area contributed by atoms with E-state index >= 15 is 0 Å². The number of carbonyl (C=O) groups excluding carboxylic acids is 4. The van der Waals surface area contributed by atoms with E-state index in [1.54, 1.807) is 13.8 Å². The molecule has 4 aliphatic rings. The molecule has 0 aliphatic heterocycles. The number of rotatable bonds is 29. The molecule has 0 radical (unpaired) electrons. The first-order chi connectivity index (χ1) is 35.3. The molecule has 0 spiro atoms. The lowest BCUT2D eigenvalue weighted by molar-refractivity contribution is -0.227. The summed E-state index contributed by atoms with van der Waals surface area (Å²) in [6, 6.07) is 31.0. The van der Waals surface area contributed by atoms with Crippen molar-refractivity contribution in [2.24, 2.45) is 46.3 Å². The third-order valence-corrected chi connectivity index (χ3v) is 18.6. The Labute approximate surface area is 440 Å². The van der Waals surface area contributed by atoms with E-state index in [1.165, 1.54) is 31.2 Å². The van der Waals surface area contributed by atoms with Gasteiger partial charge in [-0.05, 0) is 129 Å². The zero-order chi connectivity index (χ0) is 51.8. The topological polar surface area (TPSA) is 102 Å². The van der Waals surface area contributed by atoms with E-state index in [0.29, 0.717) is 94.7 Å². The van der Waals surface area contributed by atoms with Gasteiger partial charge in [0.25, 0.3) is 0 Å². The van der Waals surface area contributed by atoms with Gasteiger partial charge < -0.3 is 24.0 Å². The maximum absolute atomic E-state index is 14.4. The van der Waals surface area contributed by atoms with Crippen molar-refractivity contribution >= 4 is 23.4 Å². The number of hydrogen-bond donors (Lipinski definition) is 0. The Balaban J connectivity index is 1.12. The molecule has 2 amide bonds. The van der Waals surface area contributed by atoms with E-state index in [9.17, 15) is 19.2 Å². The molecule has 0 heterocycles. The van der Waals surface area contributed by atoms with Gasteiger partial charge in [0.15, 0.2) is 0 Å². The van der Waals surface area contributed by atoms with Gasteiger partial charge in [0.05, 0.1) is 44.6 Å². The summed E-state index contributed by atoms with van der Waals surface area (Å²) >= 11 is 0. The van der Waals surface area contributed by atoms with Crippen LogP contribution in [0.4, 0.5) is 0 Å². The first-order valence-corrected chi connectivity index (χ1v) is 28.8. The quantitative estimate of drug-likeness (QED) is 0.0638. The van der Waals surface area contributed by atoms with E-state index in [1.807, 2.05) is 47.4 Å². The van der Waals surface area contributed by atoms with Crippen LogP contribution in [0, 0.1) is 46.3 Å². The minimum atomic E-state index is -0.182. The molecule has 9 heteroatoms. The van der Waals surface area contributed by atoms with Crippen molar-refractivity contribution in [3.63, 3.8) is 0 Å². The van der Waals surface area contributed by atoms with Crippen LogP contribution in [-0.2, 0) is 53.0 Å². The van der Waals surface area contributed by atoms with Crippen LogP contribution in [0.2, 0.25) is 0 Å². The average molecular weight is 1000 g/mol. The highest BCUT2D eigenvalue weighted by Gasteiger charge is 2.66. The molecule has 4 saturated carbocycles. The number of benzene rings is 3. The summed E-state index contributed by atoms with van der Waals surface area (Å²) in [6.45, 7) is 16.7. The molecule has 73 heavy (non-hydrogen) atoms. The van der Waals surface area contributed by atoms with Crippen LogP contribution in [0.25, 0.3) is 0 Å². The minimum absolute atomic E-state index is 0.0297. The third kappa shape index (κ3) is 15.0. The number of ketones is 2. The number of amides is 2. The van der Waals surface area contributed by atoms with Crippen molar-refractivity contribution in [2.75, 3.05) is 26.4 Å². The first-order valence-electron chi connectivity index (χ1n) is 28.8. The molecule has 7 rings (SSSR count). The number of Topliss-reactive ketones (excluding diaryl/α,β-unsaturated/α-hetero) is 2. The fourth-order valence-corrected chi connectivity index (χ4v) is 14.5. The van der Waals surface area contributed by atoms with Crippen LogP contribution in [0.1, 0.15) is 174 Å². The van der Waals surface area contributed by atoms with Gasteiger partial charge in [-0.15, -0.1) is 0 Å². The molecule has 4 fully saturated rings. The van der Waals surface area contributed by atoms with Gasteiger partial charge in [0.1, 0.15) is 11.6 Å². The lowest BCUT2D eigenvalue weighted by Crippen LogP contribution is -2.63. The number of carbonyl (C=O) groups is 4. The van der Waals surface area contributed by atoms with Crippen molar-refractivity contribution < 1.29 is 33.4 Å². The summed E-state index contributed by atoms with van der Waals surface area (Å²) in [5.74, 6) is 2.59. The lowest BCUT2D eigenvalue weighted by atomic mass is 9.43. The minimum Gasteiger partial charge on any atom is -0.378 e. The Bertz CT molecular complexity index is 2130. The predicted molar refractivity (Wildman–Crippen MR) is 291 cm³/mol. The van der Waals surface area contributed by atoms with Gasteiger partial charge in [-0.2, -0.15) is 0 Å². The number of fused-ring (bicyclic) bond motifs is 5. The molecule has 11 atom stereocenters. The van der Waals surface area contributed by atoms with Crippen molar-refractivity contribution in [1.82, 2.24) is 9.80 Å². The van der Waals surface area contributed by atoms with Gasteiger partial charge in [0, 0.05) is 50.9 Å². The zero-order valence-electron chi connectivity index (χ0n) is 45.8. The third-order valence-electron chi connectivity index (χ3n) is 18.6. The molecule has 3 aromatic carbocycles. The van der Waals surface area contributed by atoms with E-state index < -0.39 is 0 Å². The molecule has 3 aromatic rings. The number of unbranched alkanes of at least 4 members (excludes halogenated alkanes) is 5. The van der Waals surface area contributed by atoms with Crippen LogP contribution in [-0.4, -0.2) is 77.9 Å². The molecular weight excluding hydrogens is 909 g/mol. The van der Waals surface area contributed by atoms with Crippen LogP contribution in [0.5, 0.6) is 0 Å². The van der Waals surface area contributed by atoms with E-state index in [-0.39, 0.29) is 58.4 Å². The molecule has 0 bridgehead atoms. The van der Waals surface area contributed by atoms with Crippen LogP contribution < -0.4 is 0 Å². The highest BCUT2D eigenvalue weighted by molar-refractivity contribution is 5.77. The second kappa shape index (κ2) is 27.6. The summed E-state index contributed by atoms with van der Waals surface area (Å²) in [7, 11) is 0. The highest BCUT2D eigenvalue weighted by Crippen LogP contribution is 2.69. The fourth-order valence-electron chi connectivity index (χ4n) is 14.5. The monoisotopic (exact) mass is 1000 g/mol. The summed E-state index contributed by atoms with van der Waals surface area (Å²) in [5, 5.41) is 0. The van der Waals surface area contributed by atoms with Crippen molar-refractivity contribution in [1.29, 1.82) is 0 Å². The Morgan fingerprint density at radius 3 is 1.75 bits per heavy atom. The molecule has 4 aliphatic carbocycles. The van der Waals surface area contributed by atoms with Gasteiger partial charge in [-0.1, -0.05) is 151 Å². The standard InChI is InChI=1S/C64H92N2O7/c1-7-8-9-10-11-21-37-65(44-50-22-15-12-16-23-50)60(69)31-28-47(2)55-29-30-56-62-57(43-59(64(55,56)6)73-39-34-49(4)68)63(5)36-32-54(71-38-33-48(3)67)41-53(63)42-58(62)72-40-35-61(70)66(45-51-24-17-13-18-25-51)46-52-26-19-14-20-27-52/h12-20,22-27,47,53-59,62H,7-11,21,28-46H2,1-6H3/t47?,53?,54-,55-,56+,57+,58?,59+,62?,63+,64-/m1/s1. The van der Waals surface area contributed by atoms with E-state index in [2.05, 4.69) is 81.1 Å². The fraction of sp³-hybridized carbons (Fsp3) is 0.656. The molecule has 0 N–H and O–H groups in total. The maximum Gasteiger partial charge on any atom is 0.225 e.